The molecule has 1 fully saturated rings. The molecule has 1 aliphatic rings. The second-order valence-electron chi connectivity index (χ2n) is 6.34. The molecule has 9 heteroatoms. The molecule has 1 atom stereocenters. The number of carbonyl (C=O) groups excluding carboxylic acids is 1. The summed E-state index contributed by atoms with van der Waals surface area (Å²) >= 11 is 5.70. The monoisotopic (exact) mass is 391 g/mol. The molecular formula is C16H23ClFN3O3S. The topological polar surface area (TPSA) is 69.7 Å². The smallest absolute Gasteiger partial charge is 0.241 e. The van der Waals surface area contributed by atoms with Crippen molar-refractivity contribution in [1.82, 2.24) is 9.21 Å². The normalized spacial score (nSPS) is 18.3. The third kappa shape index (κ3) is 5.13. The molecule has 0 aliphatic carbocycles. The van der Waals surface area contributed by atoms with Crippen molar-refractivity contribution < 1.29 is 17.6 Å². The fourth-order valence-corrected chi connectivity index (χ4v) is 3.81. The zero-order valence-corrected chi connectivity index (χ0v) is 16.1. The molecule has 6 nitrogen and oxygen atoms in total. The van der Waals surface area contributed by atoms with Crippen LogP contribution >= 0.6 is 11.6 Å². The van der Waals surface area contributed by atoms with E-state index in [9.17, 15) is 17.6 Å². The number of hydrogen-bond donors (Lipinski definition) is 1. The molecule has 0 aromatic heterocycles. The summed E-state index contributed by atoms with van der Waals surface area (Å²) in [6, 6.07) is 3.58. The van der Waals surface area contributed by atoms with E-state index >= 15 is 0 Å². The van der Waals surface area contributed by atoms with Crippen molar-refractivity contribution in [2.45, 2.75) is 31.8 Å². The highest BCUT2D eigenvalue weighted by Gasteiger charge is 2.31. The Morgan fingerprint density at radius 3 is 2.52 bits per heavy atom. The van der Waals surface area contributed by atoms with Crippen LogP contribution in [0.15, 0.2) is 18.2 Å². The van der Waals surface area contributed by atoms with E-state index in [0.29, 0.717) is 25.9 Å². The van der Waals surface area contributed by atoms with Crippen LogP contribution in [0.25, 0.3) is 0 Å². The van der Waals surface area contributed by atoms with Crippen LogP contribution in [0, 0.1) is 5.82 Å². The summed E-state index contributed by atoms with van der Waals surface area (Å²) in [5.41, 5.74) is 0.0907. The van der Waals surface area contributed by atoms with Gasteiger partial charge in [0, 0.05) is 31.2 Å². The molecule has 0 spiro atoms. The van der Waals surface area contributed by atoms with Gasteiger partial charge in [-0.1, -0.05) is 11.6 Å². The molecule has 1 aromatic carbocycles. The predicted octanol–water partition coefficient (Wildman–Crippen LogP) is 2.16. The minimum absolute atomic E-state index is 0.0600. The number of likely N-dealkylation sites (tertiary alicyclic amines) is 1. The van der Waals surface area contributed by atoms with E-state index < -0.39 is 21.9 Å². The van der Waals surface area contributed by atoms with Gasteiger partial charge in [-0.15, -0.1) is 0 Å². The minimum atomic E-state index is -3.22. The van der Waals surface area contributed by atoms with Crippen molar-refractivity contribution in [1.29, 1.82) is 0 Å². The van der Waals surface area contributed by atoms with E-state index in [1.807, 2.05) is 4.90 Å². The fraction of sp³-hybridized carbons (Fsp3) is 0.562. The summed E-state index contributed by atoms with van der Waals surface area (Å²) in [5.74, 6) is -0.891. The standard InChI is InChI=1S/C16H23ClFN3O3S/c1-11(16(22)19-15-5-4-12(17)10-14(15)18)21-8-6-13(7-9-21)20(2)25(3,23)24/h4-5,10-11,13H,6-9H2,1-3H3,(H,19,22). The molecule has 0 saturated carbocycles. The van der Waals surface area contributed by atoms with E-state index in [1.165, 1.54) is 22.7 Å². The van der Waals surface area contributed by atoms with Gasteiger partial charge >= 0.3 is 0 Å². The second-order valence-corrected chi connectivity index (χ2v) is 8.81. The number of sulfonamides is 1. The number of rotatable bonds is 5. The first kappa shape index (κ1) is 20.1. The maximum absolute atomic E-state index is 13.8. The van der Waals surface area contributed by atoms with Gasteiger partial charge in [0.15, 0.2) is 0 Å². The Labute approximate surface area is 153 Å². The zero-order chi connectivity index (χ0) is 18.8. The lowest BCUT2D eigenvalue weighted by molar-refractivity contribution is -0.121. The van der Waals surface area contributed by atoms with Crippen LogP contribution in [-0.4, -0.2) is 62.0 Å². The largest absolute Gasteiger partial charge is 0.322 e. The Morgan fingerprint density at radius 1 is 1.40 bits per heavy atom. The number of carbonyl (C=O) groups is 1. The number of nitrogens with one attached hydrogen (secondary N) is 1. The van der Waals surface area contributed by atoms with Crippen molar-refractivity contribution in [3.63, 3.8) is 0 Å². The van der Waals surface area contributed by atoms with Crippen LogP contribution in [0.2, 0.25) is 5.02 Å². The molecule has 2 rings (SSSR count). The summed E-state index contributed by atoms with van der Waals surface area (Å²) in [4.78, 5) is 14.3. The summed E-state index contributed by atoms with van der Waals surface area (Å²) < 4.78 is 38.4. The quantitative estimate of drug-likeness (QED) is 0.835. The molecule has 25 heavy (non-hydrogen) atoms. The van der Waals surface area contributed by atoms with Crippen molar-refractivity contribution in [3.8, 4) is 0 Å². The van der Waals surface area contributed by atoms with Gasteiger partial charge in [0.2, 0.25) is 15.9 Å². The highest BCUT2D eigenvalue weighted by molar-refractivity contribution is 7.88. The van der Waals surface area contributed by atoms with Gasteiger partial charge in [-0.25, -0.2) is 17.1 Å². The highest BCUT2D eigenvalue weighted by atomic mass is 35.5. The zero-order valence-electron chi connectivity index (χ0n) is 14.5. The van der Waals surface area contributed by atoms with Crippen LogP contribution < -0.4 is 5.32 Å². The van der Waals surface area contributed by atoms with Gasteiger partial charge < -0.3 is 5.32 Å². The van der Waals surface area contributed by atoms with Crippen molar-refractivity contribution >= 4 is 33.2 Å². The summed E-state index contributed by atoms with van der Waals surface area (Å²) in [5, 5.41) is 2.84. The van der Waals surface area contributed by atoms with Crippen molar-refractivity contribution in [2.24, 2.45) is 0 Å². The molecule has 140 valence electrons. The fourth-order valence-electron chi connectivity index (χ4n) is 2.90. The number of anilines is 1. The van der Waals surface area contributed by atoms with Gasteiger partial charge in [0.05, 0.1) is 18.0 Å². The maximum atomic E-state index is 13.8. The lowest BCUT2D eigenvalue weighted by Gasteiger charge is -2.38. The summed E-state index contributed by atoms with van der Waals surface area (Å²) in [7, 11) is -1.64. The Kier molecular flexibility index (Phi) is 6.42. The summed E-state index contributed by atoms with van der Waals surface area (Å²) in [6.45, 7) is 2.95. The molecular weight excluding hydrogens is 369 g/mol. The van der Waals surface area contributed by atoms with Gasteiger partial charge in [0.25, 0.3) is 0 Å². The van der Waals surface area contributed by atoms with E-state index in [2.05, 4.69) is 5.32 Å². The molecule has 1 saturated heterocycles. The number of benzene rings is 1. The summed E-state index contributed by atoms with van der Waals surface area (Å²) in [6.07, 6.45) is 2.49. The van der Waals surface area contributed by atoms with E-state index in [1.54, 1.807) is 14.0 Å². The number of nitrogens with zero attached hydrogens (tertiary/aromatic N) is 2. The minimum Gasteiger partial charge on any atom is -0.322 e. The van der Waals surface area contributed by atoms with Gasteiger partial charge in [-0.3, -0.25) is 9.69 Å². The number of halogens is 2. The Hall–Kier alpha value is -1.22. The predicted molar refractivity (Wildman–Crippen MR) is 96.7 cm³/mol. The maximum Gasteiger partial charge on any atom is 0.241 e. The number of amides is 1. The van der Waals surface area contributed by atoms with Crippen LogP contribution in [-0.2, 0) is 14.8 Å². The lowest BCUT2D eigenvalue weighted by atomic mass is 10.0. The van der Waals surface area contributed by atoms with Crippen molar-refractivity contribution in [2.75, 3.05) is 31.7 Å². The Morgan fingerprint density at radius 2 is 2.00 bits per heavy atom. The Balaban J connectivity index is 1.93. The van der Waals surface area contributed by atoms with Gasteiger partial charge in [-0.2, -0.15) is 0 Å². The van der Waals surface area contributed by atoms with E-state index in [0.717, 1.165) is 6.07 Å². The molecule has 0 radical (unpaired) electrons. The third-order valence-electron chi connectivity index (χ3n) is 4.65. The first-order chi connectivity index (χ1) is 11.6. The molecule has 1 unspecified atom stereocenters. The third-order valence-corrected chi connectivity index (χ3v) is 6.23. The average Bonchev–Trinajstić information content (AvgIpc) is 2.55. The second kappa shape index (κ2) is 7.99. The molecule has 1 aliphatic heterocycles. The van der Waals surface area contributed by atoms with Crippen molar-refractivity contribution in [3.05, 3.63) is 29.0 Å². The van der Waals surface area contributed by atoms with E-state index in [4.69, 9.17) is 11.6 Å². The van der Waals surface area contributed by atoms with E-state index in [-0.39, 0.29) is 22.7 Å². The van der Waals surface area contributed by atoms with Gasteiger partial charge in [-0.05, 0) is 38.0 Å². The first-order valence-electron chi connectivity index (χ1n) is 8.02. The van der Waals surface area contributed by atoms with Gasteiger partial charge in [0.1, 0.15) is 5.82 Å². The SMILES string of the molecule is CC(C(=O)Nc1ccc(Cl)cc1F)N1CCC(N(C)S(C)(=O)=O)CC1. The molecule has 1 amide bonds. The molecule has 0 bridgehead atoms. The highest BCUT2D eigenvalue weighted by Crippen LogP contribution is 2.22. The lowest BCUT2D eigenvalue weighted by Crippen LogP contribution is -2.50. The average molecular weight is 392 g/mol. The number of piperidine rings is 1. The van der Waals surface area contributed by atoms with Crippen LogP contribution in [0.1, 0.15) is 19.8 Å². The molecule has 1 aromatic rings. The first-order valence-corrected chi connectivity index (χ1v) is 10.2. The molecule has 1 N–H and O–H groups in total. The molecule has 1 heterocycles. The van der Waals surface area contributed by atoms with Crippen LogP contribution in [0.5, 0.6) is 0 Å². The number of hydrogen-bond acceptors (Lipinski definition) is 4. The van der Waals surface area contributed by atoms with Crippen LogP contribution in [0.4, 0.5) is 10.1 Å². The Bertz CT molecular complexity index is 736. The van der Waals surface area contributed by atoms with Crippen LogP contribution in [0.3, 0.4) is 0 Å².